The maximum atomic E-state index is 12.0. The average molecular weight is 337 g/mol. The number of hydrogen-bond acceptors (Lipinski definition) is 8. The lowest BCUT2D eigenvalue weighted by Crippen LogP contribution is -2.24. The van der Waals surface area contributed by atoms with Gasteiger partial charge in [-0.05, 0) is 33.5 Å². The summed E-state index contributed by atoms with van der Waals surface area (Å²) in [4.78, 5) is 12.1. The van der Waals surface area contributed by atoms with E-state index in [1.807, 2.05) is 19.0 Å². The molecule has 0 aliphatic heterocycles. The molecule has 1 heterocycles. The number of anilines is 1. The van der Waals surface area contributed by atoms with Gasteiger partial charge in [0.2, 0.25) is 10.0 Å². The zero-order valence-corrected chi connectivity index (χ0v) is 13.5. The van der Waals surface area contributed by atoms with E-state index in [4.69, 9.17) is 5.84 Å². The molecule has 0 atom stereocenters. The van der Waals surface area contributed by atoms with Crippen molar-refractivity contribution >= 4 is 32.0 Å². The first kappa shape index (κ1) is 17.8. The molecule has 0 radical (unpaired) electrons. The van der Waals surface area contributed by atoms with E-state index >= 15 is 0 Å². The Morgan fingerprint density at radius 1 is 1.43 bits per heavy atom. The lowest BCUT2D eigenvalue weighted by atomic mass is 10.3. The van der Waals surface area contributed by atoms with Crippen LogP contribution in [0, 0.1) is 10.1 Å². The van der Waals surface area contributed by atoms with Crippen molar-refractivity contribution in [2.24, 2.45) is 5.84 Å². The quantitative estimate of drug-likeness (QED) is 0.260. The van der Waals surface area contributed by atoms with Gasteiger partial charge in [0.25, 0.3) is 0 Å². The Morgan fingerprint density at radius 2 is 2.10 bits per heavy atom. The van der Waals surface area contributed by atoms with Crippen LogP contribution in [0.2, 0.25) is 0 Å². The number of unbranched alkanes of at least 4 members (excludes halogenated alkanes) is 1. The third-order valence-electron chi connectivity index (χ3n) is 2.61. The van der Waals surface area contributed by atoms with Gasteiger partial charge in [0.15, 0.2) is 5.00 Å². The van der Waals surface area contributed by atoms with Crippen molar-refractivity contribution in [3.8, 4) is 0 Å². The predicted molar refractivity (Wildman–Crippen MR) is 81.8 cm³/mol. The number of sulfonamides is 1. The van der Waals surface area contributed by atoms with Crippen LogP contribution in [0.15, 0.2) is 10.3 Å². The Morgan fingerprint density at radius 3 is 2.57 bits per heavy atom. The van der Waals surface area contributed by atoms with Crippen LogP contribution in [0.25, 0.3) is 0 Å². The van der Waals surface area contributed by atoms with E-state index in [-0.39, 0.29) is 21.4 Å². The van der Waals surface area contributed by atoms with Crippen LogP contribution in [0.1, 0.15) is 12.8 Å². The second kappa shape index (κ2) is 7.66. The minimum absolute atomic E-state index is 0.00739. The predicted octanol–water partition coefficient (Wildman–Crippen LogP) is 0.562. The van der Waals surface area contributed by atoms with Gasteiger partial charge in [-0.25, -0.2) is 19.0 Å². The van der Waals surface area contributed by atoms with Gasteiger partial charge in [-0.2, -0.15) is 0 Å². The number of nitro groups is 1. The topological polar surface area (TPSA) is 131 Å². The number of nitrogens with two attached hydrogens (primary N) is 1. The molecule has 0 amide bonds. The minimum atomic E-state index is -3.75. The Bertz CT molecular complexity index is 584. The second-order valence-corrected chi connectivity index (χ2v) is 7.64. The van der Waals surface area contributed by atoms with Gasteiger partial charge in [0, 0.05) is 12.6 Å². The van der Waals surface area contributed by atoms with E-state index in [0.29, 0.717) is 6.42 Å². The van der Waals surface area contributed by atoms with Crippen molar-refractivity contribution in [3.63, 3.8) is 0 Å². The van der Waals surface area contributed by atoms with Gasteiger partial charge in [0.05, 0.1) is 4.92 Å². The fourth-order valence-electron chi connectivity index (χ4n) is 1.56. The molecule has 0 aliphatic rings. The number of nitrogen functional groups attached to an aromatic ring is 1. The van der Waals surface area contributed by atoms with Crippen LogP contribution in [-0.2, 0) is 10.0 Å². The first-order chi connectivity index (χ1) is 9.77. The minimum Gasteiger partial charge on any atom is -0.310 e. The molecule has 11 heteroatoms. The second-order valence-electron chi connectivity index (χ2n) is 4.59. The third-order valence-corrected chi connectivity index (χ3v) is 5.60. The molecule has 0 aromatic carbocycles. The standard InChI is InChI=1S/C10H19N5O4S2/c1-14(2)6-4-3-5-12-21(18,19)9-7-8(15(16)17)10(13-11)20-9/h7,12-13H,3-6,11H2,1-2H3. The van der Waals surface area contributed by atoms with Crippen LogP contribution >= 0.6 is 11.3 Å². The highest BCUT2D eigenvalue weighted by Crippen LogP contribution is 2.36. The molecule has 120 valence electrons. The molecule has 0 bridgehead atoms. The zero-order valence-electron chi connectivity index (χ0n) is 11.8. The van der Waals surface area contributed by atoms with E-state index in [0.717, 1.165) is 30.4 Å². The summed E-state index contributed by atoms with van der Waals surface area (Å²) in [6.07, 6.45) is 1.54. The van der Waals surface area contributed by atoms with Crippen LogP contribution in [0.4, 0.5) is 10.7 Å². The number of hydrogen-bond donors (Lipinski definition) is 3. The maximum absolute atomic E-state index is 12.0. The normalized spacial score (nSPS) is 11.8. The molecule has 1 aromatic heterocycles. The van der Waals surface area contributed by atoms with Crippen molar-refractivity contribution in [2.45, 2.75) is 17.1 Å². The Kier molecular flexibility index (Phi) is 6.48. The molecule has 0 aliphatic carbocycles. The van der Waals surface area contributed by atoms with Gasteiger partial charge in [-0.15, -0.1) is 0 Å². The highest BCUT2D eigenvalue weighted by atomic mass is 32.2. The summed E-state index contributed by atoms with van der Waals surface area (Å²) in [5.74, 6) is 5.15. The molecular formula is C10H19N5O4S2. The first-order valence-corrected chi connectivity index (χ1v) is 8.47. The fraction of sp³-hybridized carbons (Fsp3) is 0.600. The Hall–Kier alpha value is -1.27. The van der Waals surface area contributed by atoms with E-state index in [1.165, 1.54) is 0 Å². The SMILES string of the molecule is CN(C)CCCCNS(=O)(=O)c1cc([N+](=O)[O-])c(NN)s1. The average Bonchev–Trinajstić information content (AvgIpc) is 2.82. The highest BCUT2D eigenvalue weighted by Gasteiger charge is 2.25. The van der Waals surface area contributed by atoms with Gasteiger partial charge in [0.1, 0.15) is 4.21 Å². The molecule has 4 N–H and O–H groups in total. The fourth-order valence-corrected chi connectivity index (χ4v) is 3.92. The van der Waals surface area contributed by atoms with E-state index in [2.05, 4.69) is 10.1 Å². The van der Waals surface area contributed by atoms with Crippen molar-refractivity contribution in [1.82, 2.24) is 9.62 Å². The van der Waals surface area contributed by atoms with E-state index < -0.39 is 14.9 Å². The molecule has 0 saturated heterocycles. The smallest absolute Gasteiger partial charge is 0.306 e. The molecule has 0 fully saturated rings. The van der Waals surface area contributed by atoms with E-state index in [9.17, 15) is 18.5 Å². The first-order valence-electron chi connectivity index (χ1n) is 6.17. The van der Waals surface area contributed by atoms with E-state index in [1.54, 1.807) is 0 Å². The largest absolute Gasteiger partial charge is 0.310 e. The Labute approximate surface area is 127 Å². The number of hydrazine groups is 1. The Balaban J connectivity index is 2.68. The summed E-state index contributed by atoms with van der Waals surface area (Å²) in [6, 6.07) is 1.00. The van der Waals surface area contributed by atoms with Gasteiger partial charge < -0.3 is 10.3 Å². The van der Waals surface area contributed by atoms with Crippen LogP contribution in [0.3, 0.4) is 0 Å². The number of rotatable bonds is 9. The number of thiophene rings is 1. The van der Waals surface area contributed by atoms with Gasteiger partial charge in [-0.3, -0.25) is 10.1 Å². The molecule has 0 spiro atoms. The van der Waals surface area contributed by atoms with Crippen LogP contribution in [0.5, 0.6) is 0 Å². The summed E-state index contributed by atoms with van der Waals surface area (Å²) >= 11 is 0.727. The van der Waals surface area contributed by atoms with Gasteiger partial charge >= 0.3 is 5.69 Å². The summed E-state index contributed by atoms with van der Waals surface area (Å²) in [5, 5.41) is 10.8. The molecular weight excluding hydrogens is 318 g/mol. The highest BCUT2D eigenvalue weighted by molar-refractivity contribution is 7.91. The van der Waals surface area contributed by atoms with Crippen molar-refractivity contribution in [2.75, 3.05) is 32.6 Å². The summed E-state index contributed by atoms with van der Waals surface area (Å²) in [5.41, 5.74) is 1.79. The summed E-state index contributed by atoms with van der Waals surface area (Å²) < 4.78 is 26.4. The van der Waals surface area contributed by atoms with Crippen molar-refractivity contribution in [3.05, 3.63) is 16.2 Å². The molecule has 1 rings (SSSR count). The van der Waals surface area contributed by atoms with Crippen molar-refractivity contribution < 1.29 is 13.3 Å². The lowest BCUT2D eigenvalue weighted by Gasteiger charge is -2.09. The van der Waals surface area contributed by atoms with Crippen molar-refractivity contribution in [1.29, 1.82) is 0 Å². The molecule has 1 aromatic rings. The maximum Gasteiger partial charge on any atom is 0.306 e. The number of nitrogens with zero attached hydrogens (tertiary/aromatic N) is 2. The lowest BCUT2D eigenvalue weighted by molar-refractivity contribution is -0.383. The molecule has 0 unspecified atom stereocenters. The molecule has 9 nitrogen and oxygen atoms in total. The molecule has 21 heavy (non-hydrogen) atoms. The van der Waals surface area contributed by atoms with Crippen LogP contribution in [-0.4, -0.2) is 45.4 Å². The summed E-state index contributed by atoms with van der Waals surface area (Å²) in [7, 11) is 0.130. The molecule has 0 saturated carbocycles. The van der Waals surface area contributed by atoms with Gasteiger partial charge in [-0.1, -0.05) is 11.3 Å². The third kappa shape index (κ3) is 5.21. The zero-order chi connectivity index (χ0) is 16.0. The van der Waals surface area contributed by atoms with Crippen LogP contribution < -0.4 is 16.0 Å². The summed E-state index contributed by atoms with van der Waals surface area (Å²) in [6.45, 7) is 1.15. The monoisotopic (exact) mass is 337 g/mol. The number of nitrogens with one attached hydrogen (secondary N) is 2.